The van der Waals surface area contributed by atoms with Crippen LogP contribution in [0.3, 0.4) is 0 Å². The molecule has 3 rings (SSSR count). The normalized spacial score (nSPS) is 10.8. The maximum Gasteiger partial charge on any atom is 0.260 e. The Morgan fingerprint density at radius 1 is 1.05 bits per heavy atom. The molecule has 4 nitrogen and oxygen atoms in total. The molecule has 0 saturated heterocycles. The van der Waals surface area contributed by atoms with Gasteiger partial charge in [-0.1, -0.05) is 23.4 Å². The van der Waals surface area contributed by atoms with E-state index in [2.05, 4.69) is 10.1 Å². The van der Waals surface area contributed by atoms with Crippen LogP contribution < -0.4 is 5.73 Å². The molecule has 0 unspecified atom stereocenters. The summed E-state index contributed by atoms with van der Waals surface area (Å²) in [5.41, 5.74) is 9.74. The van der Waals surface area contributed by atoms with E-state index in [4.69, 9.17) is 10.3 Å². The van der Waals surface area contributed by atoms with E-state index < -0.39 is 0 Å². The van der Waals surface area contributed by atoms with Crippen LogP contribution in [0, 0.1) is 19.7 Å². The van der Waals surface area contributed by atoms with Gasteiger partial charge in [0, 0.05) is 11.3 Å². The summed E-state index contributed by atoms with van der Waals surface area (Å²) in [5, 5.41) is 3.93. The zero-order valence-corrected chi connectivity index (χ0v) is 11.7. The molecule has 2 N–H and O–H groups in total. The maximum absolute atomic E-state index is 13.4. The topological polar surface area (TPSA) is 64.9 Å². The number of anilines is 1. The van der Waals surface area contributed by atoms with Crippen LogP contribution in [-0.4, -0.2) is 10.1 Å². The molecule has 0 spiro atoms. The first-order valence-corrected chi connectivity index (χ1v) is 6.52. The Morgan fingerprint density at radius 3 is 2.67 bits per heavy atom. The zero-order chi connectivity index (χ0) is 15.0. The van der Waals surface area contributed by atoms with Crippen molar-refractivity contribution in [3.63, 3.8) is 0 Å². The number of hydrogen-bond acceptors (Lipinski definition) is 4. The van der Waals surface area contributed by atoms with Gasteiger partial charge in [-0.15, -0.1) is 0 Å². The molecule has 5 heteroatoms. The van der Waals surface area contributed by atoms with E-state index in [1.54, 1.807) is 6.07 Å². The van der Waals surface area contributed by atoms with E-state index in [-0.39, 0.29) is 5.82 Å². The predicted octanol–water partition coefficient (Wildman–Crippen LogP) is 3.74. The van der Waals surface area contributed by atoms with Crippen molar-refractivity contribution in [3.05, 3.63) is 53.3 Å². The number of benzene rings is 2. The fourth-order valence-electron chi connectivity index (χ4n) is 2.14. The molecule has 0 aliphatic carbocycles. The van der Waals surface area contributed by atoms with Crippen LogP contribution in [0.1, 0.15) is 11.1 Å². The van der Waals surface area contributed by atoms with Crippen molar-refractivity contribution in [1.29, 1.82) is 0 Å². The summed E-state index contributed by atoms with van der Waals surface area (Å²) < 4.78 is 18.6. The molecule has 0 bridgehead atoms. The molecule has 0 atom stereocenters. The lowest BCUT2D eigenvalue weighted by Crippen LogP contribution is -1.93. The highest BCUT2D eigenvalue weighted by atomic mass is 19.1. The smallest absolute Gasteiger partial charge is 0.260 e. The highest BCUT2D eigenvalue weighted by Gasteiger charge is 2.15. The third-order valence-electron chi connectivity index (χ3n) is 3.42. The number of aryl methyl sites for hydroxylation is 2. The number of halogens is 1. The Bertz CT molecular complexity index is 795. The van der Waals surface area contributed by atoms with Crippen LogP contribution in [0.5, 0.6) is 0 Å². The summed E-state index contributed by atoms with van der Waals surface area (Å²) >= 11 is 0. The Hall–Kier alpha value is -2.69. The molecule has 0 fully saturated rings. The second-order valence-electron chi connectivity index (χ2n) is 4.92. The van der Waals surface area contributed by atoms with Crippen LogP contribution in [-0.2, 0) is 0 Å². The minimum Gasteiger partial charge on any atom is -0.398 e. The minimum atomic E-state index is -0.336. The second kappa shape index (κ2) is 5.01. The molecule has 1 aromatic heterocycles. The van der Waals surface area contributed by atoms with Gasteiger partial charge in [0.1, 0.15) is 5.82 Å². The fraction of sp³-hybridized carbons (Fsp3) is 0.125. The van der Waals surface area contributed by atoms with Gasteiger partial charge in [-0.05, 0) is 43.2 Å². The van der Waals surface area contributed by atoms with E-state index in [0.717, 1.165) is 11.1 Å². The first-order chi connectivity index (χ1) is 10.1. The van der Waals surface area contributed by atoms with Gasteiger partial charge in [-0.3, -0.25) is 0 Å². The number of nitrogens with two attached hydrogens (primary N) is 1. The number of hydrogen-bond donors (Lipinski definition) is 1. The van der Waals surface area contributed by atoms with Crippen molar-refractivity contribution < 1.29 is 8.91 Å². The molecular weight excluding hydrogens is 269 g/mol. The van der Waals surface area contributed by atoms with E-state index >= 15 is 0 Å². The quantitative estimate of drug-likeness (QED) is 0.727. The molecule has 2 aromatic carbocycles. The van der Waals surface area contributed by atoms with E-state index in [0.29, 0.717) is 28.5 Å². The first-order valence-electron chi connectivity index (χ1n) is 6.52. The van der Waals surface area contributed by atoms with Crippen LogP contribution in [0.2, 0.25) is 0 Å². The first kappa shape index (κ1) is 13.3. The Balaban J connectivity index is 2.08. The van der Waals surface area contributed by atoms with E-state index in [1.807, 2.05) is 32.0 Å². The van der Waals surface area contributed by atoms with Gasteiger partial charge in [-0.25, -0.2) is 4.39 Å². The van der Waals surface area contributed by atoms with Gasteiger partial charge in [0.2, 0.25) is 5.82 Å². The minimum absolute atomic E-state index is 0.329. The number of nitrogen functional groups attached to an aromatic ring is 1. The fourth-order valence-corrected chi connectivity index (χ4v) is 2.14. The average Bonchev–Trinajstić information content (AvgIpc) is 2.94. The Morgan fingerprint density at radius 2 is 1.86 bits per heavy atom. The molecule has 1 heterocycles. The summed E-state index contributed by atoms with van der Waals surface area (Å²) in [6, 6.07) is 10.1. The summed E-state index contributed by atoms with van der Waals surface area (Å²) in [5.74, 6) is 0.342. The van der Waals surface area contributed by atoms with Crippen molar-refractivity contribution in [2.45, 2.75) is 13.8 Å². The largest absolute Gasteiger partial charge is 0.398 e. The van der Waals surface area contributed by atoms with Crippen molar-refractivity contribution >= 4 is 5.69 Å². The van der Waals surface area contributed by atoms with Crippen molar-refractivity contribution in [3.8, 4) is 22.8 Å². The summed E-state index contributed by atoms with van der Waals surface area (Å²) in [6.45, 7) is 3.78. The average molecular weight is 283 g/mol. The van der Waals surface area contributed by atoms with Crippen LogP contribution in [0.4, 0.5) is 10.1 Å². The van der Waals surface area contributed by atoms with Crippen molar-refractivity contribution in [2.75, 3.05) is 5.73 Å². The van der Waals surface area contributed by atoms with Gasteiger partial charge in [0.25, 0.3) is 5.89 Å². The van der Waals surface area contributed by atoms with Crippen LogP contribution >= 0.6 is 0 Å². The number of nitrogens with zero attached hydrogens (tertiary/aromatic N) is 2. The Kier molecular flexibility index (Phi) is 3.17. The van der Waals surface area contributed by atoms with Crippen LogP contribution in [0.25, 0.3) is 22.8 Å². The Labute approximate surface area is 121 Å². The van der Waals surface area contributed by atoms with Gasteiger partial charge in [-0.2, -0.15) is 4.98 Å². The highest BCUT2D eigenvalue weighted by Crippen LogP contribution is 2.29. The zero-order valence-electron chi connectivity index (χ0n) is 11.7. The standard InChI is InChI=1S/C16H14FN3O/c1-9-6-7-11(17)8-13(9)15-19-16(21-20-15)12-5-3-4-10(2)14(12)18/h3-8H,18H2,1-2H3. The number of para-hydroxylation sites is 1. The third-order valence-corrected chi connectivity index (χ3v) is 3.42. The van der Waals surface area contributed by atoms with Crippen LogP contribution in [0.15, 0.2) is 40.9 Å². The molecule has 3 aromatic rings. The lowest BCUT2D eigenvalue weighted by atomic mass is 10.1. The number of rotatable bonds is 2. The molecule has 0 saturated carbocycles. The molecule has 106 valence electrons. The lowest BCUT2D eigenvalue weighted by Gasteiger charge is -2.03. The summed E-state index contributed by atoms with van der Waals surface area (Å²) in [4.78, 5) is 4.33. The lowest BCUT2D eigenvalue weighted by molar-refractivity contribution is 0.432. The molecule has 0 aliphatic heterocycles. The second-order valence-corrected chi connectivity index (χ2v) is 4.92. The number of aromatic nitrogens is 2. The maximum atomic E-state index is 13.4. The predicted molar refractivity (Wildman–Crippen MR) is 79.0 cm³/mol. The SMILES string of the molecule is Cc1ccc(F)cc1-c1noc(-c2cccc(C)c2N)n1. The van der Waals surface area contributed by atoms with E-state index in [1.165, 1.54) is 12.1 Å². The van der Waals surface area contributed by atoms with Crippen molar-refractivity contribution in [2.24, 2.45) is 0 Å². The molecular formula is C16H14FN3O. The highest BCUT2D eigenvalue weighted by molar-refractivity contribution is 5.74. The van der Waals surface area contributed by atoms with E-state index in [9.17, 15) is 4.39 Å². The molecule has 0 radical (unpaired) electrons. The summed E-state index contributed by atoms with van der Waals surface area (Å²) in [6.07, 6.45) is 0. The summed E-state index contributed by atoms with van der Waals surface area (Å²) in [7, 11) is 0. The molecule has 21 heavy (non-hydrogen) atoms. The van der Waals surface area contributed by atoms with Gasteiger partial charge in [0.05, 0.1) is 5.56 Å². The third kappa shape index (κ3) is 2.38. The molecule has 0 aliphatic rings. The molecule has 0 amide bonds. The van der Waals surface area contributed by atoms with Gasteiger partial charge in [0.15, 0.2) is 0 Å². The van der Waals surface area contributed by atoms with Crippen molar-refractivity contribution in [1.82, 2.24) is 10.1 Å². The monoisotopic (exact) mass is 283 g/mol. The van der Waals surface area contributed by atoms with Gasteiger partial charge < -0.3 is 10.3 Å². The van der Waals surface area contributed by atoms with Gasteiger partial charge >= 0.3 is 0 Å².